The predicted octanol–water partition coefficient (Wildman–Crippen LogP) is 3.57. The number of hydrogen-bond acceptors (Lipinski definition) is 4. The Morgan fingerprint density at radius 3 is 2.48 bits per heavy atom. The van der Waals surface area contributed by atoms with Crippen LogP contribution in [0.2, 0.25) is 0 Å². The first-order chi connectivity index (χ1) is 12.9. The van der Waals surface area contributed by atoms with Crippen LogP contribution in [0.5, 0.6) is 5.75 Å². The predicted molar refractivity (Wildman–Crippen MR) is 110 cm³/mol. The van der Waals surface area contributed by atoms with Crippen molar-refractivity contribution in [2.75, 3.05) is 14.2 Å². The van der Waals surface area contributed by atoms with Gasteiger partial charge in [0, 0.05) is 19.7 Å². The maximum atomic E-state index is 12.8. The second kappa shape index (κ2) is 9.92. The second-order valence-corrected chi connectivity index (χ2v) is 7.44. The Bertz CT molecular complexity index is 767. The van der Waals surface area contributed by atoms with Gasteiger partial charge in [-0.05, 0) is 52.1 Å². The first kappa shape index (κ1) is 20.7. The monoisotopic (exact) mass is 386 g/mol. The molecule has 0 aliphatic carbocycles. The van der Waals surface area contributed by atoms with E-state index in [1.807, 2.05) is 54.9 Å². The molecule has 144 valence electrons. The van der Waals surface area contributed by atoms with Crippen LogP contribution in [0.4, 0.5) is 0 Å². The van der Waals surface area contributed by atoms with Crippen molar-refractivity contribution >= 4 is 29.2 Å². The SMILES string of the molecule is COc1ccc(/C=C/C(=O)N[C@@H](C(=O)N(C)Cc2ccsc2)C(C)C)cc1. The van der Waals surface area contributed by atoms with Gasteiger partial charge < -0.3 is 15.0 Å². The highest BCUT2D eigenvalue weighted by atomic mass is 32.1. The van der Waals surface area contributed by atoms with Crippen LogP contribution >= 0.6 is 11.3 Å². The number of likely N-dealkylation sites (N-methyl/N-ethyl adjacent to an activating group) is 1. The molecular formula is C21H26N2O3S. The van der Waals surface area contributed by atoms with E-state index in [-0.39, 0.29) is 17.7 Å². The van der Waals surface area contributed by atoms with Crippen molar-refractivity contribution in [2.24, 2.45) is 5.92 Å². The van der Waals surface area contributed by atoms with Crippen molar-refractivity contribution < 1.29 is 14.3 Å². The topological polar surface area (TPSA) is 58.6 Å². The number of nitrogens with one attached hydrogen (secondary N) is 1. The van der Waals surface area contributed by atoms with E-state index in [9.17, 15) is 9.59 Å². The van der Waals surface area contributed by atoms with Gasteiger partial charge in [-0.3, -0.25) is 9.59 Å². The van der Waals surface area contributed by atoms with E-state index >= 15 is 0 Å². The minimum Gasteiger partial charge on any atom is -0.497 e. The highest BCUT2D eigenvalue weighted by Crippen LogP contribution is 2.13. The van der Waals surface area contributed by atoms with Gasteiger partial charge in [-0.25, -0.2) is 0 Å². The maximum Gasteiger partial charge on any atom is 0.245 e. The highest BCUT2D eigenvalue weighted by molar-refractivity contribution is 7.07. The molecule has 27 heavy (non-hydrogen) atoms. The molecule has 0 saturated heterocycles. The normalized spacial score (nSPS) is 12.2. The van der Waals surface area contributed by atoms with Crippen LogP contribution in [0.15, 0.2) is 47.2 Å². The van der Waals surface area contributed by atoms with Crippen LogP contribution in [0, 0.1) is 5.92 Å². The van der Waals surface area contributed by atoms with Crippen molar-refractivity contribution in [2.45, 2.75) is 26.4 Å². The summed E-state index contributed by atoms with van der Waals surface area (Å²) in [7, 11) is 3.37. The van der Waals surface area contributed by atoms with Gasteiger partial charge in [0.05, 0.1) is 7.11 Å². The molecular weight excluding hydrogens is 360 g/mol. The lowest BCUT2D eigenvalue weighted by Crippen LogP contribution is -2.49. The third-order valence-electron chi connectivity index (χ3n) is 4.15. The molecule has 0 saturated carbocycles. The fourth-order valence-corrected chi connectivity index (χ4v) is 3.23. The Morgan fingerprint density at radius 1 is 1.22 bits per heavy atom. The number of thiophene rings is 1. The minimum absolute atomic E-state index is 0.0132. The first-order valence-electron chi connectivity index (χ1n) is 8.79. The molecule has 1 atom stereocenters. The third kappa shape index (κ3) is 6.25. The van der Waals surface area contributed by atoms with E-state index in [1.165, 1.54) is 6.08 Å². The molecule has 2 rings (SSSR count). The molecule has 1 aromatic heterocycles. The fourth-order valence-electron chi connectivity index (χ4n) is 2.57. The summed E-state index contributed by atoms with van der Waals surface area (Å²) < 4.78 is 5.11. The Labute approximate surface area is 164 Å². The summed E-state index contributed by atoms with van der Waals surface area (Å²) in [5.41, 5.74) is 1.97. The average molecular weight is 387 g/mol. The van der Waals surface area contributed by atoms with E-state index in [1.54, 1.807) is 36.5 Å². The number of benzene rings is 1. The molecule has 1 aromatic carbocycles. The summed E-state index contributed by atoms with van der Waals surface area (Å²) in [6.07, 6.45) is 3.16. The molecule has 0 radical (unpaired) electrons. The summed E-state index contributed by atoms with van der Waals surface area (Å²) in [5, 5.41) is 6.83. The lowest BCUT2D eigenvalue weighted by Gasteiger charge is -2.26. The summed E-state index contributed by atoms with van der Waals surface area (Å²) in [6, 6.07) is 8.82. The number of hydrogen-bond donors (Lipinski definition) is 1. The van der Waals surface area contributed by atoms with Crippen LogP contribution in [-0.4, -0.2) is 36.9 Å². The lowest BCUT2D eigenvalue weighted by molar-refractivity contribution is -0.136. The number of nitrogens with zero attached hydrogens (tertiary/aromatic N) is 1. The number of carbonyl (C=O) groups is 2. The molecule has 0 aliphatic heterocycles. The van der Waals surface area contributed by atoms with Gasteiger partial charge in [0.15, 0.2) is 0 Å². The zero-order valence-electron chi connectivity index (χ0n) is 16.1. The Kier molecular flexibility index (Phi) is 7.61. The van der Waals surface area contributed by atoms with Crippen molar-refractivity contribution in [3.05, 3.63) is 58.3 Å². The van der Waals surface area contributed by atoms with Gasteiger partial charge in [-0.1, -0.05) is 26.0 Å². The van der Waals surface area contributed by atoms with Crippen LogP contribution in [0.25, 0.3) is 6.08 Å². The van der Waals surface area contributed by atoms with Crippen molar-refractivity contribution in [3.8, 4) is 5.75 Å². The number of rotatable bonds is 8. The van der Waals surface area contributed by atoms with E-state index in [2.05, 4.69) is 5.32 Å². The molecule has 1 heterocycles. The van der Waals surface area contributed by atoms with E-state index in [4.69, 9.17) is 4.74 Å². The molecule has 0 fully saturated rings. The Hall–Kier alpha value is -2.60. The average Bonchev–Trinajstić information content (AvgIpc) is 3.17. The number of methoxy groups -OCH3 is 1. The zero-order valence-corrected chi connectivity index (χ0v) is 17.0. The largest absolute Gasteiger partial charge is 0.497 e. The Morgan fingerprint density at radius 2 is 1.93 bits per heavy atom. The zero-order chi connectivity index (χ0) is 19.8. The maximum absolute atomic E-state index is 12.8. The highest BCUT2D eigenvalue weighted by Gasteiger charge is 2.26. The Balaban J connectivity index is 1.97. The molecule has 0 bridgehead atoms. The molecule has 0 unspecified atom stereocenters. The minimum atomic E-state index is -0.568. The molecule has 2 aromatic rings. The summed E-state index contributed by atoms with van der Waals surface area (Å²) in [6.45, 7) is 4.38. The second-order valence-electron chi connectivity index (χ2n) is 6.66. The van der Waals surface area contributed by atoms with Crippen molar-refractivity contribution in [3.63, 3.8) is 0 Å². The standard InChI is InChI=1S/C21H26N2O3S/c1-15(2)20(21(25)23(3)13-17-11-12-27-14-17)22-19(24)10-7-16-5-8-18(26-4)9-6-16/h5-12,14-15,20H,13H2,1-4H3,(H,22,24)/b10-7+/t20-/m1/s1. The van der Waals surface area contributed by atoms with Crippen molar-refractivity contribution in [1.29, 1.82) is 0 Å². The molecule has 5 nitrogen and oxygen atoms in total. The number of amides is 2. The number of ether oxygens (including phenoxy) is 1. The van der Waals surface area contributed by atoms with E-state index < -0.39 is 6.04 Å². The first-order valence-corrected chi connectivity index (χ1v) is 9.73. The van der Waals surface area contributed by atoms with Gasteiger partial charge >= 0.3 is 0 Å². The molecule has 6 heteroatoms. The van der Waals surface area contributed by atoms with Crippen molar-refractivity contribution in [1.82, 2.24) is 10.2 Å². The van der Waals surface area contributed by atoms with Gasteiger partial charge in [0.1, 0.15) is 11.8 Å². The lowest BCUT2D eigenvalue weighted by atomic mass is 10.0. The van der Waals surface area contributed by atoms with Crippen LogP contribution < -0.4 is 10.1 Å². The third-order valence-corrected chi connectivity index (χ3v) is 4.88. The van der Waals surface area contributed by atoms with E-state index in [0.29, 0.717) is 6.54 Å². The quantitative estimate of drug-likeness (QED) is 0.706. The van der Waals surface area contributed by atoms with Crippen LogP contribution in [0.3, 0.4) is 0 Å². The number of carbonyl (C=O) groups excluding carboxylic acids is 2. The van der Waals surface area contributed by atoms with Gasteiger partial charge in [-0.2, -0.15) is 11.3 Å². The molecule has 0 spiro atoms. The summed E-state index contributed by atoms with van der Waals surface area (Å²) >= 11 is 1.60. The van der Waals surface area contributed by atoms with Gasteiger partial charge in [0.25, 0.3) is 0 Å². The van der Waals surface area contributed by atoms with E-state index in [0.717, 1.165) is 16.9 Å². The van der Waals surface area contributed by atoms with Gasteiger partial charge in [-0.15, -0.1) is 0 Å². The van der Waals surface area contributed by atoms with Gasteiger partial charge in [0.2, 0.25) is 11.8 Å². The summed E-state index contributed by atoms with van der Waals surface area (Å²) in [5.74, 6) is 0.362. The fraction of sp³-hybridized carbons (Fsp3) is 0.333. The molecule has 1 N–H and O–H groups in total. The van der Waals surface area contributed by atoms with Crippen LogP contribution in [-0.2, 0) is 16.1 Å². The smallest absolute Gasteiger partial charge is 0.245 e. The van der Waals surface area contributed by atoms with Crippen LogP contribution in [0.1, 0.15) is 25.0 Å². The molecule has 0 aliphatic rings. The molecule has 2 amide bonds. The summed E-state index contributed by atoms with van der Waals surface area (Å²) in [4.78, 5) is 26.7.